The van der Waals surface area contributed by atoms with Gasteiger partial charge in [-0.2, -0.15) is 0 Å². The van der Waals surface area contributed by atoms with Crippen LogP contribution in [0.4, 0.5) is 0 Å². The Morgan fingerprint density at radius 3 is 2.76 bits per heavy atom. The molecule has 8 heteroatoms. The van der Waals surface area contributed by atoms with E-state index < -0.39 is 0 Å². The molecule has 0 bridgehead atoms. The lowest BCUT2D eigenvalue weighted by Gasteiger charge is -2.08. The molecule has 0 radical (unpaired) electrons. The molecule has 4 rings (SSSR count). The fourth-order valence-corrected chi connectivity index (χ4v) is 4.30. The van der Waals surface area contributed by atoms with Gasteiger partial charge >= 0.3 is 0 Å². The maximum Gasteiger partial charge on any atom is 0.272 e. The summed E-state index contributed by atoms with van der Waals surface area (Å²) in [7, 11) is 0. The van der Waals surface area contributed by atoms with Gasteiger partial charge in [0.2, 0.25) is 11.7 Å². The second-order valence-corrected chi connectivity index (χ2v) is 7.85. The highest BCUT2D eigenvalue weighted by Crippen LogP contribution is 2.20. The molecule has 7 nitrogen and oxygen atoms in total. The quantitative estimate of drug-likeness (QED) is 0.485. The fourth-order valence-electron chi connectivity index (χ4n) is 3.47. The number of nitrogens with zero attached hydrogens (tertiary/aromatic N) is 4. The van der Waals surface area contributed by atoms with Crippen molar-refractivity contribution in [3.63, 3.8) is 0 Å². The Morgan fingerprint density at radius 2 is 1.97 bits per heavy atom. The summed E-state index contributed by atoms with van der Waals surface area (Å²) >= 11 is 1.43. The highest BCUT2D eigenvalue weighted by atomic mass is 32.1. The van der Waals surface area contributed by atoms with Crippen LogP contribution in [0, 0.1) is 0 Å². The third kappa shape index (κ3) is 3.93. The number of thiophene rings is 1. The minimum absolute atomic E-state index is 0.0128. The van der Waals surface area contributed by atoms with Crippen LogP contribution in [0.2, 0.25) is 0 Å². The van der Waals surface area contributed by atoms with Gasteiger partial charge in [0.05, 0.1) is 5.52 Å². The Labute approximate surface area is 172 Å². The number of fused-ring (bicyclic) bond motifs is 3. The van der Waals surface area contributed by atoms with E-state index in [2.05, 4.69) is 27.6 Å². The molecule has 0 aliphatic heterocycles. The summed E-state index contributed by atoms with van der Waals surface area (Å²) in [4.78, 5) is 25.0. The van der Waals surface area contributed by atoms with Gasteiger partial charge in [-0.25, -0.2) is 0 Å². The summed E-state index contributed by atoms with van der Waals surface area (Å²) in [6.07, 6.45) is 2.43. The lowest BCUT2D eigenvalue weighted by atomic mass is 10.1. The molecule has 1 amide bonds. The summed E-state index contributed by atoms with van der Waals surface area (Å²) in [6.45, 7) is 3.22. The van der Waals surface area contributed by atoms with Crippen molar-refractivity contribution in [3.05, 3.63) is 63.5 Å². The van der Waals surface area contributed by atoms with Crippen molar-refractivity contribution in [1.82, 2.24) is 24.5 Å². The van der Waals surface area contributed by atoms with Crippen LogP contribution in [-0.4, -0.2) is 31.6 Å². The molecule has 150 valence electrons. The molecule has 4 aromatic rings. The SMILES string of the molecule is CCCn1c(=O)c2sccc2n2c(CCC(=O)NCCc3ccccc3)nnc12. The van der Waals surface area contributed by atoms with Gasteiger partial charge in [0.1, 0.15) is 10.5 Å². The zero-order valence-electron chi connectivity index (χ0n) is 16.3. The van der Waals surface area contributed by atoms with Gasteiger partial charge < -0.3 is 5.32 Å². The maximum absolute atomic E-state index is 12.7. The molecule has 0 spiro atoms. The minimum atomic E-state index is -0.0260. The first-order chi connectivity index (χ1) is 14.2. The van der Waals surface area contributed by atoms with E-state index in [4.69, 9.17) is 0 Å². The normalized spacial score (nSPS) is 11.3. The van der Waals surface area contributed by atoms with Crippen molar-refractivity contribution in [2.24, 2.45) is 0 Å². The van der Waals surface area contributed by atoms with E-state index in [0.29, 0.717) is 42.2 Å². The molecule has 0 unspecified atom stereocenters. The van der Waals surface area contributed by atoms with Gasteiger partial charge in [0.25, 0.3) is 5.56 Å². The number of aromatic nitrogens is 4. The van der Waals surface area contributed by atoms with Crippen LogP contribution in [0.15, 0.2) is 46.6 Å². The molecular formula is C21H23N5O2S. The number of hydrogen-bond acceptors (Lipinski definition) is 5. The second kappa shape index (κ2) is 8.57. The van der Waals surface area contributed by atoms with E-state index in [1.165, 1.54) is 16.9 Å². The molecule has 0 fully saturated rings. The summed E-state index contributed by atoms with van der Waals surface area (Å²) < 4.78 is 4.29. The van der Waals surface area contributed by atoms with E-state index in [0.717, 1.165) is 18.4 Å². The Kier molecular flexibility index (Phi) is 5.71. The largest absolute Gasteiger partial charge is 0.356 e. The third-order valence-corrected chi connectivity index (χ3v) is 5.77. The van der Waals surface area contributed by atoms with Gasteiger partial charge in [0, 0.05) is 25.9 Å². The molecule has 0 saturated carbocycles. The van der Waals surface area contributed by atoms with Crippen LogP contribution in [-0.2, 0) is 24.2 Å². The molecule has 0 atom stereocenters. The smallest absolute Gasteiger partial charge is 0.272 e. The van der Waals surface area contributed by atoms with Crippen molar-refractivity contribution >= 4 is 33.2 Å². The Bertz CT molecular complexity index is 1190. The minimum Gasteiger partial charge on any atom is -0.356 e. The van der Waals surface area contributed by atoms with Gasteiger partial charge in [-0.1, -0.05) is 37.3 Å². The molecular weight excluding hydrogens is 386 g/mol. The number of nitrogens with one attached hydrogen (secondary N) is 1. The van der Waals surface area contributed by atoms with Crippen LogP contribution in [0.5, 0.6) is 0 Å². The number of benzene rings is 1. The van der Waals surface area contributed by atoms with E-state index >= 15 is 0 Å². The Balaban J connectivity index is 1.48. The van der Waals surface area contributed by atoms with Gasteiger partial charge in [-0.3, -0.25) is 18.6 Å². The molecule has 0 aliphatic rings. The highest BCUT2D eigenvalue weighted by Gasteiger charge is 2.17. The number of hydrogen-bond donors (Lipinski definition) is 1. The third-order valence-electron chi connectivity index (χ3n) is 4.88. The Hall–Kier alpha value is -3.00. The molecule has 0 aliphatic carbocycles. The van der Waals surface area contributed by atoms with Crippen LogP contribution < -0.4 is 10.9 Å². The first kappa shape index (κ1) is 19.3. The fraction of sp³-hybridized carbons (Fsp3) is 0.333. The van der Waals surface area contributed by atoms with Gasteiger partial charge in [-0.15, -0.1) is 21.5 Å². The average molecular weight is 410 g/mol. The van der Waals surface area contributed by atoms with Crippen LogP contribution in [0.1, 0.15) is 31.2 Å². The molecule has 29 heavy (non-hydrogen) atoms. The van der Waals surface area contributed by atoms with Crippen LogP contribution >= 0.6 is 11.3 Å². The number of aryl methyl sites for hydroxylation is 2. The van der Waals surface area contributed by atoms with Gasteiger partial charge in [-0.05, 0) is 29.9 Å². The predicted molar refractivity (Wildman–Crippen MR) is 114 cm³/mol. The maximum atomic E-state index is 12.7. The van der Waals surface area contributed by atoms with Crippen LogP contribution in [0.3, 0.4) is 0 Å². The number of rotatable bonds is 8. The number of carbonyl (C=O) groups is 1. The van der Waals surface area contributed by atoms with E-state index in [1.807, 2.05) is 41.0 Å². The lowest BCUT2D eigenvalue weighted by molar-refractivity contribution is -0.121. The van der Waals surface area contributed by atoms with Crippen molar-refractivity contribution in [2.45, 2.75) is 39.2 Å². The zero-order valence-corrected chi connectivity index (χ0v) is 17.1. The number of amides is 1. The van der Waals surface area contributed by atoms with E-state index in [9.17, 15) is 9.59 Å². The molecule has 1 N–H and O–H groups in total. The summed E-state index contributed by atoms with van der Waals surface area (Å²) in [5.74, 6) is 1.23. The first-order valence-corrected chi connectivity index (χ1v) is 10.7. The van der Waals surface area contributed by atoms with Crippen molar-refractivity contribution in [1.29, 1.82) is 0 Å². The average Bonchev–Trinajstić information content (AvgIpc) is 3.37. The van der Waals surface area contributed by atoms with Crippen molar-refractivity contribution in [3.8, 4) is 0 Å². The molecule has 3 heterocycles. The van der Waals surface area contributed by atoms with Crippen molar-refractivity contribution < 1.29 is 4.79 Å². The van der Waals surface area contributed by atoms with Gasteiger partial charge in [0.15, 0.2) is 0 Å². The molecule has 0 saturated heterocycles. The predicted octanol–water partition coefficient (Wildman–Crippen LogP) is 2.81. The Morgan fingerprint density at radius 1 is 1.14 bits per heavy atom. The molecule has 3 aromatic heterocycles. The van der Waals surface area contributed by atoms with E-state index in [1.54, 1.807) is 4.57 Å². The summed E-state index contributed by atoms with van der Waals surface area (Å²) in [6, 6.07) is 12.0. The lowest BCUT2D eigenvalue weighted by Crippen LogP contribution is -2.26. The summed E-state index contributed by atoms with van der Waals surface area (Å²) in [5.41, 5.74) is 1.98. The van der Waals surface area contributed by atoms with Crippen molar-refractivity contribution in [2.75, 3.05) is 6.54 Å². The topological polar surface area (TPSA) is 81.3 Å². The standard InChI is InChI=1S/C21H23N5O2S/c1-2-13-25-20(28)19-16(11-14-29-19)26-17(23-24-21(25)26)8-9-18(27)22-12-10-15-6-4-3-5-7-15/h3-7,11,14H,2,8-10,12-13H2,1H3,(H,22,27). The highest BCUT2D eigenvalue weighted by molar-refractivity contribution is 7.17. The second-order valence-electron chi connectivity index (χ2n) is 6.93. The van der Waals surface area contributed by atoms with Crippen LogP contribution in [0.25, 0.3) is 16.0 Å². The first-order valence-electron chi connectivity index (χ1n) is 9.83. The van der Waals surface area contributed by atoms with E-state index in [-0.39, 0.29) is 11.5 Å². The number of carbonyl (C=O) groups excluding carboxylic acids is 1. The zero-order chi connectivity index (χ0) is 20.2. The molecule has 1 aromatic carbocycles. The monoisotopic (exact) mass is 409 g/mol. The summed E-state index contributed by atoms with van der Waals surface area (Å²) in [5, 5.41) is 13.4.